The maximum absolute atomic E-state index is 13.7. The minimum absolute atomic E-state index is 0.0202. The number of ether oxygens (including phenoxy) is 1. The van der Waals surface area contributed by atoms with Crippen molar-refractivity contribution in [3.05, 3.63) is 57.9 Å². The molecule has 1 saturated heterocycles. The summed E-state index contributed by atoms with van der Waals surface area (Å²) >= 11 is 3.24. The van der Waals surface area contributed by atoms with E-state index in [1.807, 2.05) is 12.1 Å². The summed E-state index contributed by atoms with van der Waals surface area (Å²) in [6.45, 7) is 3.28. The first-order valence-electron chi connectivity index (χ1n) is 7.64. The van der Waals surface area contributed by atoms with Crippen LogP contribution in [0, 0.1) is 5.82 Å². The summed E-state index contributed by atoms with van der Waals surface area (Å²) in [4.78, 5) is 18.7. The lowest BCUT2D eigenvalue weighted by Gasteiger charge is -2.28. The molecule has 0 bridgehead atoms. The molecule has 0 aliphatic carbocycles. The number of carbonyl (C=O) groups is 1. The number of nitrogens with one attached hydrogen (secondary N) is 1. The lowest BCUT2D eigenvalue weighted by molar-refractivity contribution is 0.0947. The molecule has 1 fully saturated rings. The molecule has 24 heavy (non-hydrogen) atoms. The number of nitrogens with zero attached hydrogens (tertiary/aromatic N) is 2. The summed E-state index contributed by atoms with van der Waals surface area (Å²) in [6.07, 6.45) is 1.71. The molecule has 0 radical (unpaired) electrons. The molecule has 1 aliphatic heterocycles. The largest absolute Gasteiger partial charge is 0.378 e. The molecule has 3 rings (SSSR count). The van der Waals surface area contributed by atoms with E-state index < -0.39 is 11.7 Å². The monoisotopic (exact) mass is 393 g/mol. The minimum Gasteiger partial charge on any atom is -0.378 e. The van der Waals surface area contributed by atoms with Crippen molar-refractivity contribution in [1.29, 1.82) is 0 Å². The Hall–Kier alpha value is -1.99. The second-order valence-corrected chi connectivity index (χ2v) is 6.34. The van der Waals surface area contributed by atoms with Gasteiger partial charge < -0.3 is 15.0 Å². The number of hydrogen-bond acceptors (Lipinski definition) is 4. The van der Waals surface area contributed by atoms with Crippen molar-refractivity contribution >= 4 is 27.7 Å². The van der Waals surface area contributed by atoms with Gasteiger partial charge in [0.05, 0.1) is 18.8 Å². The Morgan fingerprint density at radius 2 is 2.08 bits per heavy atom. The van der Waals surface area contributed by atoms with E-state index in [0.717, 1.165) is 24.5 Å². The average Bonchev–Trinajstić information content (AvgIpc) is 2.63. The Morgan fingerprint density at radius 1 is 1.29 bits per heavy atom. The van der Waals surface area contributed by atoms with Gasteiger partial charge in [0.15, 0.2) is 0 Å². The molecule has 0 unspecified atom stereocenters. The number of anilines is 1. The van der Waals surface area contributed by atoms with Crippen LogP contribution in [0.15, 0.2) is 41.0 Å². The van der Waals surface area contributed by atoms with E-state index in [4.69, 9.17) is 4.74 Å². The Labute approximate surface area is 148 Å². The lowest BCUT2D eigenvalue weighted by Crippen LogP contribution is -2.36. The van der Waals surface area contributed by atoms with Gasteiger partial charge in [-0.15, -0.1) is 0 Å². The van der Waals surface area contributed by atoms with Crippen molar-refractivity contribution in [2.75, 3.05) is 31.2 Å². The second kappa shape index (κ2) is 7.72. The predicted octanol–water partition coefficient (Wildman–Crippen LogP) is 2.75. The van der Waals surface area contributed by atoms with Crippen LogP contribution in [-0.2, 0) is 11.3 Å². The SMILES string of the molecule is O=C(NCc1ccnc(N2CCOCC2)c1)c1cc(Br)ccc1F. The van der Waals surface area contributed by atoms with Gasteiger partial charge in [-0.2, -0.15) is 0 Å². The van der Waals surface area contributed by atoms with Crippen LogP contribution in [0.3, 0.4) is 0 Å². The molecule has 1 aliphatic rings. The van der Waals surface area contributed by atoms with E-state index in [-0.39, 0.29) is 5.56 Å². The number of pyridine rings is 1. The number of amides is 1. The molecule has 1 N–H and O–H groups in total. The van der Waals surface area contributed by atoms with Crippen LogP contribution in [0.2, 0.25) is 0 Å². The number of aromatic nitrogens is 1. The zero-order valence-electron chi connectivity index (χ0n) is 13.0. The van der Waals surface area contributed by atoms with Gasteiger partial charge in [-0.3, -0.25) is 4.79 Å². The maximum Gasteiger partial charge on any atom is 0.254 e. The molecule has 2 heterocycles. The molecule has 126 valence electrons. The Kier molecular flexibility index (Phi) is 5.42. The Morgan fingerprint density at radius 3 is 2.88 bits per heavy atom. The highest BCUT2D eigenvalue weighted by atomic mass is 79.9. The molecule has 1 amide bonds. The molecule has 2 aromatic rings. The molecular weight excluding hydrogens is 377 g/mol. The van der Waals surface area contributed by atoms with E-state index in [0.29, 0.717) is 24.2 Å². The number of benzene rings is 1. The molecule has 1 aromatic carbocycles. The highest BCUT2D eigenvalue weighted by Crippen LogP contribution is 2.17. The normalized spacial score (nSPS) is 14.5. The fourth-order valence-electron chi connectivity index (χ4n) is 2.48. The van der Waals surface area contributed by atoms with Crippen LogP contribution in [-0.4, -0.2) is 37.2 Å². The average molecular weight is 394 g/mol. The summed E-state index contributed by atoms with van der Waals surface area (Å²) in [5.41, 5.74) is 0.932. The third kappa shape index (κ3) is 4.10. The summed E-state index contributed by atoms with van der Waals surface area (Å²) in [6, 6.07) is 8.06. The van der Waals surface area contributed by atoms with Crippen LogP contribution < -0.4 is 10.2 Å². The first kappa shape index (κ1) is 16.9. The van der Waals surface area contributed by atoms with Crippen LogP contribution >= 0.6 is 15.9 Å². The van der Waals surface area contributed by atoms with Crippen molar-refractivity contribution in [3.8, 4) is 0 Å². The first-order valence-corrected chi connectivity index (χ1v) is 8.43. The van der Waals surface area contributed by atoms with Crippen LogP contribution in [0.25, 0.3) is 0 Å². The van der Waals surface area contributed by atoms with Gasteiger partial charge in [0.2, 0.25) is 0 Å². The third-order valence-electron chi connectivity index (χ3n) is 3.77. The van der Waals surface area contributed by atoms with Gasteiger partial charge in [-0.05, 0) is 35.9 Å². The highest BCUT2D eigenvalue weighted by molar-refractivity contribution is 9.10. The highest BCUT2D eigenvalue weighted by Gasteiger charge is 2.14. The summed E-state index contributed by atoms with van der Waals surface area (Å²) in [7, 11) is 0. The molecule has 1 aromatic heterocycles. The second-order valence-electron chi connectivity index (χ2n) is 5.43. The number of rotatable bonds is 4. The van der Waals surface area contributed by atoms with Crippen LogP contribution in [0.4, 0.5) is 10.2 Å². The van der Waals surface area contributed by atoms with Gasteiger partial charge in [0, 0.05) is 30.3 Å². The van der Waals surface area contributed by atoms with E-state index in [1.54, 1.807) is 12.3 Å². The number of carbonyl (C=O) groups excluding carboxylic acids is 1. The third-order valence-corrected chi connectivity index (χ3v) is 4.26. The maximum atomic E-state index is 13.7. The van der Waals surface area contributed by atoms with Crippen molar-refractivity contribution in [3.63, 3.8) is 0 Å². The number of morpholine rings is 1. The summed E-state index contributed by atoms with van der Waals surface area (Å²) in [5.74, 6) is -0.128. The van der Waals surface area contributed by atoms with Crippen LogP contribution in [0.5, 0.6) is 0 Å². The summed E-state index contributed by atoms with van der Waals surface area (Å²) < 4.78 is 19.7. The van der Waals surface area contributed by atoms with Gasteiger partial charge in [-0.25, -0.2) is 9.37 Å². The topological polar surface area (TPSA) is 54.5 Å². The molecule has 0 saturated carbocycles. The fourth-order valence-corrected chi connectivity index (χ4v) is 2.85. The molecule has 5 nitrogen and oxygen atoms in total. The number of halogens is 2. The first-order chi connectivity index (χ1) is 11.6. The van der Waals surface area contributed by atoms with Crippen molar-refractivity contribution < 1.29 is 13.9 Å². The Bertz CT molecular complexity index is 736. The van der Waals surface area contributed by atoms with E-state index >= 15 is 0 Å². The fraction of sp³-hybridized carbons (Fsp3) is 0.294. The standard InChI is InChI=1S/C17H17BrFN3O2/c18-13-1-2-15(19)14(10-13)17(23)21-11-12-3-4-20-16(9-12)22-5-7-24-8-6-22/h1-4,9-10H,5-8,11H2,(H,21,23). The molecule has 7 heteroatoms. The van der Waals surface area contributed by atoms with Gasteiger partial charge in [0.25, 0.3) is 5.91 Å². The predicted molar refractivity (Wildman–Crippen MR) is 92.5 cm³/mol. The van der Waals surface area contributed by atoms with Crippen molar-refractivity contribution in [1.82, 2.24) is 10.3 Å². The van der Waals surface area contributed by atoms with Gasteiger partial charge >= 0.3 is 0 Å². The van der Waals surface area contributed by atoms with Gasteiger partial charge in [0.1, 0.15) is 11.6 Å². The van der Waals surface area contributed by atoms with Crippen molar-refractivity contribution in [2.24, 2.45) is 0 Å². The zero-order valence-corrected chi connectivity index (χ0v) is 14.6. The smallest absolute Gasteiger partial charge is 0.254 e. The van der Waals surface area contributed by atoms with E-state index in [1.165, 1.54) is 12.1 Å². The van der Waals surface area contributed by atoms with Crippen molar-refractivity contribution in [2.45, 2.75) is 6.54 Å². The number of hydrogen-bond donors (Lipinski definition) is 1. The van der Waals surface area contributed by atoms with E-state index in [2.05, 4.69) is 31.1 Å². The lowest BCUT2D eigenvalue weighted by atomic mass is 10.2. The molecule has 0 atom stereocenters. The minimum atomic E-state index is -0.542. The van der Waals surface area contributed by atoms with Crippen LogP contribution in [0.1, 0.15) is 15.9 Å². The van der Waals surface area contributed by atoms with E-state index in [9.17, 15) is 9.18 Å². The zero-order chi connectivity index (χ0) is 16.9. The molecular formula is C17H17BrFN3O2. The Balaban J connectivity index is 1.66. The molecule has 0 spiro atoms. The quantitative estimate of drug-likeness (QED) is 0.867. The van der Waals surface area contributed by atoms with Gasteiger partial charge in [-0.1, -0.05) is 15.9 Å². The summed E-state index contributed by atoms with van der Waals surface area (Å²) in [5, 5.41) is 2.74.